The van der Waals surface area contributed by atoms with Gasteiger partial charge in [-0.25, -0.2) is 8.42 Å². The number of hydrogen-bond donors (Lipinski definition) is 1. The molecule has 4 nitrogen and oxygen atoms in total. The third-order valence-corrected chi connectivity index (χ3v) is 6.80. The Morgan fingerprint density at radius 2 is 1.95 bits per heavy atom. The van der Waals surface area contributed by atoms with Crippen LogP contribution in [0, 0.1) is 0 Å². The number of sulfone groups is 1. The van der Waals surface area contributed by atoms with Gasteiger partial charge in [-0.1, -0.05) is 33.1 Å². The fourth-order valence-electron chi connectivity index (χ4n) is 3.76. The lowest BCUT2D eigenvalue weighted by Crippen LogP contribution is -2.64. The lowest BCUT2D eigenvalue weighted by Gasteiger charge is -2.48. The average molecular weight is 302 g/mol. The van der Waals surface area contributed by atoms with E-state index in [0.29, 0.717) is 11.8 Å². The van der Waals surface area contributed by atoms with Crippen molar-refractivity contribution in [1.29, 1.82) is 0 Å². The van der Waals surface area contributed by atoms with Gasteiger partial charge in [0.2, 0.25) is 0 Å². The lowest BCUT2D eigenvalue weighted by atomic mass is 9.90. The molecule has 2 aliphatic rings. The van der Waals surface area contributed by atoms with Crippen molar-refractivity contribution in [2.75, 3.05) is 31.1 Å². The largest absolute Gasteiger partial charge is 0.311 e. The lowest BCUT2D eigenvalue weighted by molar-refractivity contribution is 0.0468. The van der Waals surface area contributed by atoms with Gasteiger partial charge in [-0.05, 0) is 19.3 Å². The smallest absolute Gasteiger partial charge is 0.151 e. The maximum absolute atomic E-state index is 11.8. The van der Waals surface area contributed by atoms with Gasteiger partial charge in [0.15, 0.2) is 9.84 Å². The van der Waals surface area contributed by atoms with Gasteiger partial charge < -0.3 is 5.32 Å². The fraction of sp³-hybridized carbons (Fsp3) is 1.00. The average Bonchev–Trinajstić information content (AvgIpc) is 2.89. The molecule has 20 heavy (non-hydrogen) atoms. The van der Waals surface area contributed by atoms with Crippen LogP contribution in [0.25, 0.3) is 0 Å². The molecule has 1 spiro atoms. The van der Waals surface area contributed by atoms with E-state index in [4.69, 9.17) is 0 Å². The number of hydrogen-bond acceptors (Lipinski definition) is 4. The molecular formula is C15H30N2O2S. The number of piperazine rings is 1. The zero-order valence-electron chi connectivity index (χ0n) is 13.0. The number of nitrogens with zero attached hydrogens (tertiary/aromatic N) is 1. The van der Waals surface area contributed by atoms with Crippen LogP contribution >= 0.6 is 0 Å². The molecule has 1 N–H and O–H groups in total. The third-order valence-electron chi connectivity index (χ3n) is 5.11. The van der Waals surface area contributed by atoms with Crippen molar-refractivity contribution in [2.24, 2.45) is 0 Å². The molecule has 5 heteroatoms. The van der Waals surface area contributed by atoms with Crippen molar-refractivity contribution in [2.45, 2.75) is 64.0 Å². The van der Waals surface area contributed by atoms with E-state index in [0.717, 1.165) is 19.6 Å². The highest BCUT2D eigenvalue weighted by Gasteiger charge is 2.43. The van der Waals surface area contributed by atoms with Gasteiger partial charge in [0.05, 0.1) is 5.75 Å². The van der Waals surface area contributed by atoms with E-state index in [1.807, 2.05) is 0 Å². The molecule has 118 valence electrons. The van der Waals surface area contributed by atoms with Crippen molar-refractivity contribution >= 4 is 9.84 Å². The molecule has 0 amide bonds. The molecule has 0 aromatic rings. The van der Waals surface area contributed by atoms with Gasteiger partial charge >= 0.3 is 0 Å². The maximum Gasteiger partial charge on any atom is 0.151 e. The highest BCUT2D eigenvalue weighted by molar-refractivity contribution is 7.91. The first kappa shape index (κ1) is 16.2. The standard InChI is InChI=1S/C15H30N2O2S/c1-3-7-14-12-17(10-11-20(18,19)4-2)15(13-16-14)8-5-6-9-15/h14,16H,3-13H2,1-2H3. The second kappa shape index (κ2) is 6.75. The molecular weight excluding hydrogens is 272 g/mol. The van der Waals surface area contributed by atoms with Gasteiger partial charge in [-0.3, -0.25) is 4.90 Å². The molecule has 1 aliphatic heterocycles. The summed E-state index contributed by atoms with van der Waals surface area (Å²) in [5, 5.41) is 3.70. The molecule has 2 rings (SSSR count). The van der Waals surface area contributed by atoms with E-state index in [9.17, 15) is 8.42 Å². The Bertz CT molecular complexity index is 402. The number of rotatable bonds is 6. The molecule has 2 fully saturated rings. The Morgan fingerprint density at radius 1 is 1.25 bits per heavy atom. The summed E-state index contributed by atoms with van der Waals surface area (Å²) in [5.74, 6) is 0.592. The summed E-state index contributed by atoms with van der Waals surface area (Å²) < 4.78 is 23.6. The Hall–Kier alpha value is -0.130. The Balaban J connectivity index is 2.02. The maximum atomic E-state index is 11.8. The molecule has 1 saturated heterocycles. The minimum Gasteiger partial charge on any atom is -0.311 e. The van der Waals surface area contributed by atoms with Crippen LogP contribution in [0.15, 0.2) is 0 Å². The summed E-state index contributed by atoms with van der Waals surface area (Å²) in [6, 6.07) is 0.538. The molecule has 1 aliphatic carbocycles. The van der Waals surface area contributed by atoms with Gasteiger partial charge in [0, 0.05) is 37.0 Å². The second-order valence-corrected chi connectivity index (χ2v) is 8.95. The van der Waals surface area contributed by atoms with E-state index in [1.165, 1.54) is 38.5 Å². The third kappa shape index (κ3) is 3.74. The SMILES string of the molecule is CCCC1CN(CCS(=O)(=O)CC)C2(CCCC2)CN1. The summed E-state index contributed by atoms with van der Waals surface area (Å²) in [6.45, 7) is 6.75. The first-order valence-electron chi connectivity index (χ1n) is 8.20. The quantitative estimate of drug-likeness (QED) is 0.813. The summed E-state index contributed by atoms with van der Waals surface area (Å²) in [4.78, 5) is 2.50. The molecule has 1 heterocycles. The first-order chi connectivity index (χ1) is 9.51. The van der Waals surface area contributed by atoms with E-state index in [-0.39, 0.29) is 11.3 Å². The zero-order valence-corrected chi connectivity index (χ0v) is 13.8. The van der Waals surface area contributed by atoms with Gasteiger partial charge in [-0.2, -0.15) is 0 Å². The predicted molar refractivity (Wildman–Crippen MR) is 83.8 cm³/mol. The number of nitrogens with one attached hydrogen (secondary N) is 1. The van der Waals surface area contributed by atoms with Crippen LogP contribution in [0.4, 0.5) is 0 Å². The molecule has 0 radical (unpaired) electrons. The second-order valence-electron chi connectivity index (χ2n) is 6.48. The van der Waals surface area contributed by atoms with Crippen LogP contribution in [0.2, 0.25) is 0 Å². The molecule has 1 atom stereocenters. The molecule has 0 bridgehead atoms. The highest BCUT2D eigenvalue weighted by Crippen LogP contribution is 2.37. The van der Waals surface area contributed by atoms with Crippen LogP contribution < -0.4 is 5.32 Å². The highest BCUT2D eigenvalue weighted by atomic mass is 32.2. The first-order valence-corrected chi connectivity index (χ1v) is 10.0. The monoisotopic (exact) mass is 302 g/mol. The van der Waals surface area contributed by atoms with Crippen molar-refractivity contribution in [1.82, 2.24) is 10.2 Å². The van der Waals surface area contributed by atoms with E-state index < -0.39 is 9.84 Å². The zero-order chi connectivity index (χ0) is 14.6. The van der Waals surface area contributed by atoms with Crippen molar-refractivity contribution < 1.29 is 8.42 Å². The van der Waals surface area contributed by atoms with E-state index >= 15 is 0 Å². The Labute approximate surface area is 124 Å². The van der Waals surface area contributed by atoms with Gasteiger partial charge in [0.1, 0.15) is 0 Å². The fourth-order valence-corrected chi connectivity index (χ4v) is 4.55. The van der Waals surface area contributed by atoms with E-state index in [1.54, 1.807) is 6.92 Å². The normalized spacial score (nSPS) is 27.2. The molecule has 1 unspecified atom stereocenters. The van der Waals surface area contributed by atoms with Crippen LogP contribution in [0.5, 0.6) is 0 Å². The summed E-state index contributed by atoms with van der Waals surface area (Å²) in [6.07, 6.45) is 7.41. The van der Waals surface area contributed by atoms with E-state index in [2.05, 4.69) is 17.1 Å². The van der Waals surface area contributed by atoms with Gasteiger partial charge in [0.25, 0.3) is 0 Å². The minimum atomic E-state index is -2.86. The van der Waals surface area contributed by atoms with Crippen LogP contribution in [-0.4, -0.2) is 56.0 Å². The van der Waals surface area contributed by atoms with Crippen molar-refractivity contribution in [3.63, 3.8) is 0 Å². The molecule has 1 saturated carbocycles. The predicted octanol–water partition coefficient (Wildman–Crippen LogP) is 1.81. The minimum absolute atomic E-state index is 0.244. The topological polar surface area (TPSA) is 49.4 Å². The summed E-state index contributed by atoms with van der Waals surface area (Å²) in [5.41, 5.74) is 0.244. The van der Waals surface area contributed by atoms with Crippen molar-refractivity contribution in [3.05, 3.63) is 0 Å². The van der Waals surface area contributed by atoms with Gasteiger partial charge in [-0.15, -0.1) is 0 Å². The van der Waals surface area contributed by atoms with Crippen LogP contribution in [0.3, 0.4) is 0 Å². The van der Waals surface area contributed by atoms with Crippen LogP contribution in [0.1, 0.15) is 52.4 Å². The molecule has 0 aromatic heterocycles. The van der Waals surface area contributed by atoms with Crippen molar-refractivity contribution in [3.8, 4) is 0 Å². The Kier molecular flexibility index (Phi) is 5.49. The summed E-state index contributed by atoms with van der Waals surface area (Å²) >= 11 is 0. The van der Waals surface area contributed by atoms with Crippen LogP contribution in [-0.2, 0) is 9.84 Å². The molecule has 0 aromatic carbocycles. The summed E-state index contributed by atoms with van der Waals surface area (Å²) in [7, 11) is -2.86. The Morgan fingerprint density at radius 3 is 2.55 bits per heavy atom.